The molecule has 2 rings (SSSR count). The molecule has 1 saturated carbocycles. The van der Waals surface area contributed by atoms with Crippen LogP contribution in [0.4, 0.5) is 0 Å². The van der Waals surface area contributed by atoms with E-state index in [4.69, 9.17) is 9.47 Å². The molecule has 0 N–H and O–H groups in total. The Balaban J connectivity index is 1.93. The lowest BCUT2D eigenvalue weighted by Crippen LogP contribution is -2.20. The standard InChI is InChI=1S/C12H19N3O3/c1-9-11(12(16)18-7-6-17-2)13-14-15(9)8-10-4-3-5-10/h10H,3-8H2,1-2H3. The average molecular weight is 253 g/mol. The molecule has 1 aliphatic rings. The molecule has 6 nitrogen and oxygen atoms in total. The molecule has 0 amide bonds. The highest BCUT2D eigenvalue weighted by atomic mass is 16.6. The van der Waals surface area contributed by atoms with Crippen molar-refractivity contribution in [2.24, 2.45) is 5.92 Å². The van der Waals surface area contributed by atoms with Crippen molar-refractivity contribution in [3.05, 3.63) is 11.4 Å². The van der Waals surface area contributed by atoms with E-state index in [-0.39, 0.29) is 6.61 Å². The number of nitrogens with zero attached hydrogens (tertiary/aromatic N) is 3. The first kappa shape index (κ1) is 13.0. The van der Waals surface area contributed by atoms with Gasteiger partial charge in [0.05, 0.1) is 12.3 Å². The van der Waals surface area contributed by atoms with E-state index in [1.807, 2.05) is 6.92 Å². The van der Waals surface area contributed by atoms with Crippen molar-refractivity contribution in [2.45, 2.75) is 32.7 Å². The molecule has 0 spiro atoms. The van der Waals surface area contributed by atoms with Crippen molar-refractivity contribution < 1.29 is 14.3 Å². The molecule has 0 bridgehead atoms. The summed E-state index contributed by atoms with van der Waals surface area (Å²) >= 11 is 0. The normalized spacial score (nSPS) is 15.4. The van der Waals surface area contributed by atoms with Gasteiger partial charge in [-0.1, -0.05) is 11.6 Å². The maximum atomic E-state index is 11.7. The van der Waals surface area contributed by atoms with E-state index < -0.39 is 5.97 Å². The van der Waals surface area contributed by atoms with Crippen LogP contribution in [0.5, 0.6) is 0 Å². The van der Waals surface area contributed by atoms with Crippen LogP contribution in [0.25, 0.3) is 0 Å². The second kappa shape index (κ2) is 5.95. The molecule has 0 radical (unpaired) electrons. The first-order valence-electron chi connectivity index (χ1n) is 6.28. The second-order valence-corrected chi connectivity index (χ2v) is 4.63. The first-order chi connectivity index (χ1) is 8.72. The summed E-state index contributed by atoms with van der Waals surface area (Å²) in [4.78, 5) is 11.7. The zero-order chi connectivity index (χ0) is 13.0. The fraction of sp³-hybridized carbons (Fsp3) is 0.750. The number of esters is 1. The lowest BCUT2D eigenvalue weighted by Gasteiger charge is -2.25. The Kier molecular flexibility index (Phi) is 4.30. The molecule has 1 fully saturated rings. The average Bonchev–Trinajstić information content (AvgIpc) is 2.66. The maximum Gasteiger partial charge on any atom is 0.360 e. The third-order valence-corrected chi connectivity index (χ3v) is 3.35. The molecule has 0 aromatic carbocycles. The minimum atomic E-state index is -0.426. The molecule has 100 valence electrons. The smallest absolute Gasteiger partial charge is 0.360 e. The summed E-state index contributed by atoms with van der Waals surface area (Å²) in [5, 5.41) is 7.92. The van der Waals surface area contributed by atoms with Gasteiger partial charge in [0.2, 0.25) is 0 Å². The minimum Gasteiger partial charge on any atom is -0.458 e. The number of hydrogen-bond acceptors (Lipinski definition) is 5. The Morgan fingerprint density at radius 1 is 1.44 bits per heavy atom. The summed E-state index contributed by atoms with van der Waals surface area (Å²) < 4.78 is 11.7. The Labute approximate surface area is 106 Å². The van der Waals surface area contributed by atoms with Crippen molar-refractivity contribution in [1.29, 1.82) is 0 Å². The zero-order valence-corrected chi connectivity index (χ0v) is 10.9. The summed E-state index contributed by atoms with van der Waals surface area (Å²) in [6, 6.07) is 0. The Morgan fingerprint density at radius 3 is 2.83 bits per heavy atom. The number of hydrogen-bond donors (Lipinski definition) is 0. The van der Waals surface area contributed by atoms with Gasteiger partial charge in [-0.15, -0.1) is 5.10 Å². The van der Waals surface area contributed by atoms with Crippen LogP contribution in [-0.2, 0) is 16.0 Å². The molecule has 0 unspecified atom stereocenters. The summed E-state index contributed by atoms with van der Waals surface area (Å²) in [5.74, 6) is 0.257. The fourth-order valence-corrected chi connectivity index (χ4v) is 1.93. The van der Waals surface area contributed by atoms with E-state index in [1.54, 1.807) is 11.8 Å². The van der Waals surface area contributed by atoms with Gasteiger partial charge in [0.25, 0.3) is 0 Å². The van der Waals surface area contributed by atoms with Gasteiger partial charge in [-0.25, -0.2) is 9.48 Å². The molecule has 1 aliphatic carbocycles. The van der Waals surface area contributed by atoms with Crippen molar-refractivity contribution in [3.63, 3.8) is 0 Å². The van der Waals surface area contributed by atoms with Crippen molar-refractivity contribution in [2.75, 3.05) is 20.3 Å². The number of carbonyl (C=O) groups is 1. The number of aromatic nitrogens is 3. The Bertz CT molecular complexity index is 413. The molecule has 0 saturated heterocycles. The largest absolute Gasteiger partial charge is 0.458 e. The predicted molar refractivity (Wildman–Crippen MR) is 64.3 cm³/mol. The molecule has 1 heterocycles. The van der Waals surface area contributed by atoms with Crippen molar-refractivity contribution in [1.82, 2.24) is 15.0 Å². The van der Waals surface area contributed by atoms with Gasteiger partial charge in [0, 0.05) is 13.7 Å². The summed E-state index contributed by atoms with van der Waals surface area (Å²) in [6.07, 6.45) is 3.78. The highest BCUT2D eigenvalue weighted by molar-refractivity contribution is 5.88. The van der Waals surface area contributed by atoms with Crippen LogP contribution in [0.15, 0.2) is 0 Å². The molecule has 1 aromatic rings. The first-order valence-corrected chi connectivity index (χ1v) is 6.28. The molecule has 1 aromatic heterocycles. The van der Waals surface area contributed by atoms with Gasteiger partial charge in [0.1, 0.15) is 6.61 Å². The van der Waals surface area contributed by atoms with Gasteiger partial charge in [-0.05, 0) is 25.7 Å². The van der Waals surface area contributed by atoms with Crippen LogP contribution in [-0.4, -0.2) is 41.3 Å². The van der Waals surface area contributed by atoms with E-state index in [1.165, 1.54) is 19.3 Å². The van der Waals surface area contributed by atoms with Crippen LogP contribution in [0.3, 0.4) is 0 Å². The summed E-state index contributed by atoms with van der Waals surface area (Å²) in [7, 11) is 1.56. The van der Waals surface area contributed by atoms with Gasteiger partial charge in [0.15, 0.2) is 5.69 Å². The van der Waals surface area contributed by atoms with Gasteiger partial charge in [-0.3, -0.25) is 0 Å². The minimum absolute atomic E-state index is 0.240. The van der Waals surface area contributed by atoms with Crippen LogP contribution in [0.1, 0.15) is 35.4 Å². The topological polar surface area (TPSA) is 66.2 Å². The lowest BCUT2D eigenvalue weighted by atomic mass is 9.85. The Morgan fingerprint density at radius 2 is 2.22 bits per heavy atom. The number of carbonyl (C=O) groups excluding carboxylic acids is 1. The van der Waals surface area contributed by atoms with Crippen molar-refractivity contribution >= 4 is 5.97 Å². The van der Waals surface area contributed by atoms with Crippen LogP contribution >= 0.6 is 0 Å². The van der Waals surface area contributed by atoms with E-state index in [0.717, 1.165) is 12.2 Å². The van der Waals surface area contributed by atoms with Gasteiger partial charge in [-0.2, -0.15) is 0 Å². The third kappa shape index (κ3) is 2.87. The number of rotatable bonds is 6. The van der Waals surface area contributed by atoms with E-state index in [9.17, 15) is 4.79 Å². The maximum absolute atomic E-state index is 11.7. The predicted octanol–water partition coefficient (Wildman–Crippen LogP) is 1.19. The van der Waals surface area contributed by atoms with Crippen LogP contribution in [0.2, 0.25) is 0 Å². The summed E-state index contributed by atoms with van der Waals surface area (Å²) in [6.45, 7) is 3.33. The molecular weight excluding hydrogens is 234 g/mol. The highest BCUT2D eigenvalue weighted by Crippen LogP contribution is 2.28. The Hall–Kier alpha value is -1.43. The lowest BCUT2D eigenvalue weighted by molar-refractivity contribution is 0.0380. The molecular formula is C12H19N3O3. The van der Waals surface area contributed by atoms with E-state index in [0.29, 0.717) is 18.2 Å². The molecule has 6 heteroatoms. The van der Waals surface area contributed by atoms with E-state index >= 15 is 0 Å². The van der Waals surface area contributed by atoms with E-state index in [2.05, 4.69) is 10.3 Å². The third-order valence-electron chi connectivity index (χ3n) is 3.35. The molecule has 0 aliphatic heterocycles. The summed E-state index contributed by atoms with van der Waals surface area (Å²) in [5.41, 5.74) is 1.09. The quantitative estimate of drug-likeness (QED) is 0.563. The zero-order valence-electron chi connectivity index (χ0n) is 10.9. The monoisotopic (exact) mass is 253 g/mol. The van der Waals surface area contributed by atoms with Gasteiger partial charge < -0.3 is 9.47 Å². The highest BCUT2D eigenvalue weighted by Gasteiger charge is 2.22. The van der Waals surface area contributed by atoms with Crippen LogP contribution in [0, 0.1) is 12.8 Å². The number of methoxy groups -OCH3 is 1. The van der Waals surface area contributed by atoms with Crippen molar-refractivity contribution in [3.8, 4) is 0 Å². The SMILES string of the molecule is COCCOC(=O)c1nnn(CC2CCC2)c1C. The molecule has 0 atom stereocenters. The molecule has 18 heavy (non-hydrogen) atoms. The number of ether oxygens (including phenoxy) is 2. The van der Waals surface area contributed by atoms with Gasteiger partial charge >= 0.3 is 5.97 Å². The second-order valence-electron chi connectivity index (χ2n) is 4.63. The fourth-order valence-electron chi connectivity index (χ4n) is 1.93. The van der Waals surface area contributed by atoms with Crippen LogP contribution < -0.4 is 0 Å².